The van der Waals surface area contributed by atoms with Gasteiger partial charge in [-0.2, -0.15) is 0 Å². The molecule has 0 saturated heterocycles. The molecule has 1 rings (SSSR count). The third kappa shape index (κ3) is 3.36. The standard InChI is InChI=1S/C12H18N2O/c1-3-10-6-4-5-7-11(10)8-14-12(15)9(2)13/h4-7,9H,3,8,13H2,1-2H3,(H,14,15)/t9-/m0/s1. The third-order valence-corrected chi connectivity index (χ3v) is 2.37. The van der Waals surface area contributed by atoms with Gasteiger partial charge in [0.05, 0.1) is 6.04 Å². The van der Waals surface area contributed by atoms with Gasteiger partial charge in [-0.15, -0.1) is 0 Å². The molecular weight excluding hydrogens is 188 g/mol. The molecule has 3 N–H and O–H groups in total. The Bertz CT molecular complexity index is 334. The van der Waals surface area contributed by atoms with E-state index in [4.69, 9.17) is 5.73 Å². The quantitative estimate of drug-likeness (QED) is 0.778. The first-order chi connectivity index (χ1) is 7.15. The highest BCUT2D eigenvalue weighted by molar-refractivity contribution is 5.80. The lowest BCUT2D eigenvalue weighted by molar-refractivity contribution is -0.122. The van der Waals surface area contributed by atoms with Gasteiger partial charge in [0.1, 0.15) is 0 Å². The van der Waals surface area contributed by atoms with Crippen LogP contribution in [-0.4, -0.2) is 11.9 Å². The predicted octanol–water partition coefficient (Wildman–Crippen LogP) is 1.21. The monoisotopic (exact) mass is 206 g/mol. The number of carbonyl (C=O) groups excluding carboxylic acids is 1. The average Bonchev–Trinajstić information content (AvgIpc) is 2.26. The van der Waals surface area contributed by atoms with Crippen molar-refractivity contribution in [1.82, 2.24) is 5.32 Å². The lowest BCUT2D eigenvalue weighted by atomic mass is 10.1. The number of benzene rings is 1. The Labute approximate surface area is 90.7 Å². The fraction of sp³-hybridized carbons (Fsp3) is 0.417. The van der Waals surface area contributed by atoms with Crippen LogP contribution in [0.3, 0.4) is 0 Å². The van der Waals surface area contributed by atoms with Crippen molar-refractivity contribution in [3.8, 4) is 0 Å². The second kappa shape index (κ2) is 5.51. The molecule has 3 nitrogen and oxygen atoms in total. The first kappa shape index (κ1) is 11.7. The Morgan fingerprint density at radius 3 is 2.53 bits per heavy atom. The van der Waals surface area contributed by atoms with Crippen molar-refractivity contribution in [2.45, 2.75) is 32.9 Å². The summed E-state index contributed by atoms with van der Waals surface area (Å²) in [5.74, 6) is -0.110. The molecule has 15 heavy (non-hydrogen) atoms. The Morgan fingerprint density at radius 1 is 1.40 bits per heavy atom. The van der Waals surface area contributed by atoms with E-state index in [0.717, 1.165) is 12.0 Å². The molecule has 0 aliphatic heterocycles. The number of amides is 1. The highest BCUT2D eigenvalue weighted by Crippen LogP contribution is 2.08. The Morgan fingerprint density at radius 2 is 2.00 bits per heavy atom. The number of carbonyl (C=O) groups is 1. The SMILES string of the molecule is CCc1ccccc1CNC(=O)[C@H](C)N. The molecule has 0 bridgehead atoms. The summed E-state index contributed by atoms with van der Waals surface area (Å²) < 4.78 is 0. The van der Waals surface area contributed by atoms with Gasteiger partial charge in [0.15, 0.2) is 0 Å². The molecule has 0 aliphatic rings. The number of hydrogen-bond acceptors (Lipinski definition) is 2. The van der Waals surface area contributed by atoms with Crippen molar-refractivity contribution < 1.29 is 4.79 Å². The van der Waals surface area contributed by atoms with Crippen molar-refractivity contribution in [2.75, 3.05) is 0 Å². The Balaban J connectivity index is 2.61. The number of rotatable bonds is 4. The van der Waals surface area contributed by atoms with Crippen LogP contribution < -0.4 is 11.1 Å². The van der Waals surface area contributed by atoms with E-state index in [1.807, 2.05) is 18.2 Å². The van der Waals surface area contributed by atoms with Crippen molar-refractivity contribution in [3.63, 3.8) is 0 Å². The van der Waals surface area contributed by atoms with Crippen LogP contribution in [0.4, 0.5) is 0 Å². The molecule has 0 fully saturated rings. The summed E-state index contributed by atoms with van der Waals surface area (Å²) in [6.45, 7) is 4.34. The van der Waals surface area contributed by atoms with Crippen LogP contribution in [0.25, 0.3) is 0 Å². The number of hydrogen-bond donors (Lipinski definition) is 2. The van der Waals surface area contributed by atoms with Crippen molar-refractivity contribution >= 4 is 5.91 Å². The summed E-state index contributed by atoms with van der Waals surface area (Å²) >= 11 is 0. The molecule has 0 saturated carbocycles. The maximum Gasteiger partial charge on any atom is 0.236 e. The molecule has 1 amide bonds. The van der Waals surface area contributed by atoms with E-state index < -0.39 is 6.04 Å². The highest BCUT2D eigenvalue weighted by atomic mass is 16.2. The van der Waals surface area contributed by atoms with Gasteiger partial charge >= 0.3 is 0 Å². The maximum atomic E-state index is 11.3. The molecule has 3 heteroatoms. The number of aryl methyl sites for hydroxylation is 1. The molecular formula is C12H18N2O. The second-order valence-corrected chi connectivity index (χ2v) is 3.63. The first-order valence-corrected chi connectivity index (χ1v) is 5.25. The molecule has 82 valence electrons. The number of nitrogens with two attached hydrogens (primary N) is 1. The van der Waals surface area contributed by atoms with Gasteiger partial charge in [0, 0.05) is 6.54 Å². The van der Waals surface area contributed by atoms with E-state index in [9.17, 15) is 4.79 Å². The van der Waals surface area contributed by atoms with Gasteiger partial charge in [0.25, 0.3) is 0 Å². The largest absolute Gasteiger partial charge is 0.351 e. The molecule has 1 atom stereocenters. The minimum Gasteiger partial charge on any atom is -0.351 e. The van der Waals surface area contributed by atoms with Crippen molar-refractivity contribution in [1.29, 1.82) is 0 Å². The minimum atomic E-state index is -0.446. The van der Waals surface area contributed by atoms with Crippen LogP contribution in [-0.2, 0) is 17.8 Å². The van der Waals surface area contributed by atoms with E-state index in [1.54, 1.807) is 6.92 Å². The van der Waals surface area contributed by atoms with Gasteiger partial charge < -0.3 is 11.1 Å². The molecule has 0 unspecified atom stereocenters. The van der Waals surface area contributed by atoms with E-state index >= 15 is 0 Å². The van der Waals surface area contributed by atoms with E-state index in [1.165, 1.54) is 5.56 Å². The fourth-order valence-electron chi connectivity index (χ4n) is 1.42. The second-order valence-electron chi connectivity index (χ2n) is 3.63. The highest BCUT2D eigenvalue weighted by Gasteiger charge is 2.07. The zero-order valence-corrected chi connectivity index (χ0v) is 9.29. The summed E-state index contributed by atoms with van der Waals surface area (Å²) in [4.78, 5) is 11.3. The lowest BCUT2D eigenvalue weighted by Crippen LogP contribution is -2.37. The summed E-state index contributed by atoms with van der Waals surface area (Å²) in [5, 5.41) is 2.81. The number of nitrogens with one attached hydrogen (secondary N) is 1. The molecule has 1 aromatic rings. The van der Waals surface area contributed by atoms with Crippen LogP contribution in [0.2, 0.25) is 0 Å². The molecule has 1 aromatic carbocycles. The normalized spacial score (nSPS) is 12.2. The van der Waals surface area contributed by atoms with Gasteiger partial charge in [0.2, 0.25) is 5.91 Å². The zero-order chi connectivity index (χ0) is 11.3. The summed E-state index contributed by atoms with van der Waals surface area (Å²) in [6.07, 6.45) is 0.976. The maximum absolute atomic E-state index is 11.3. The summed E-state index contributed by atoms with van der Waals surface area (Å²) in [5.41, 5.74) is 7.89. The molecule has 0 aromatic heterocycles. The molecule has 0 heterocycles. The van der Waals surface area contributed by atoms with Gasteiger partial charge in [-0.1, -0.05) is 31.2 Å². The summed E-state index contributed by atoms with van der Waals surface area (Å²) in [7, 11) is 0. The van der Waals surface area contributed by atoms with Crippen LogP contribution >= 0.6 is 0 Å². The first-order valence-electron chi connectivity index (χ1n) is 5.25. The van der Waals surface area contributed by atoms with E-state index in [0.29, 0.717) is 6.54 Å². The lowest BCUT2D eigenvalue weighted by Gasteiger charge is -2.10. The topological polar surface area (TPSA) is 55.1 Å². The minimum absolute atomic E-state index is 0.110. The third-order valence-electron chi connectivity index (χ3n) is 2.37. The molecule has 0 radical (unpaired) electrons. The zero-order valence-electron chi connectivity index (χ0n) is 9.29. The smallest absolute Gasteiger partial charge is 0.236 e. The fourth-order valence-corrected chi connectivity index (χ4v) is 1.42. The van der Waals surface area contributed by atoms with Crippen LogP contribution in [0, 0.1) is 0 Å². The summed E-state index contributed by atoms with van der Waals surface area (Å²) in [6, 6.07) is 7.65. The van der Waals surface area contributed by atoms with Gasteiger partial charge in [-0.3, -0.25) is 4.79 Å². The van der Waals surface area contributed by atoms with Crippen LogP contribution in [0.5, 0.6) is 0 Å². The van der Waals surface area contributed by atoms with Crippen molar-refractivity contribution in [3.05, 3.63) is 35.4 Å². The van der Waals surface area contributed by atoms with Gasteiger partial charge in [-0.05, 0) is 24.5 Å². The molecule has 0 aliphatic carbocycles. The molecule has 0 spiro atoms. The van der Waals surface area contributed by atoms with Gasteiger partial charge in [-0.25, -0.2) is 0 Å². The van der Waals surface area contributed by atoms with Crippen LogP contribution in [0.15, 0.2) is 24.3 Å². The Hall–Kier alpha value is -1.35. The predicted molar refractivity (Wildman–Crippen MR) is 61.3 cm³/mol. The van der Waals surface area contributed by atoms with Crippen LogP contribution in [0.1, 0.15) is 25.0 Å². The average molecular weight is 206 g/mol. The van der Waals surface area contributed by atoms with E-state index in [-0.39, 0.29) is 5.91 Å². The Kier molecular flexibility index (Phi) is 4.31. The van der Waals surface area contributed by atoms with E-state index in [2.05, 4.69) is 18.3 Å². The van der Waals surface area contributed by atoms with Crippen molar-refractivity contribution in [2.24, 2.45) is 5.73 Å².